The lowest BCUT2D eigenvalue weighted by Crippen LogP contribution is -2.39. The van der Waals surface area contributed by atoms with Crippen molar-refractivity contribution in [3.8, 4) is 0 Å². The molecule has 0 aromatic carbocycles. The first-order chi connectivity index (χ1) is 13.0. The van der Waals surface area contributed by atoms with E-state index < -0.39 is 22.2 Å². The highest BCUT2D eigenvalue weighted by Crippen LogP contribution is 2.15. The molecule has 1 unspecified atom stereocenters. The van der Waals surface area contributed by atoms with E-state index in [2.05, 4.69) is 19.6 Å². The number of H-pyrrole nitrogens is 1. The lowest BCUT2D eigenvalue weighted by molar-refractivity contribution is 0.0409. The number of hydrogen-bond acceptors (Lipinski definition) is 7. The van der Waals surface area contributed by atoms with Gasteiger partial charge in [-0.25, -0.2) is 18.7 Å². The van der Waals surface area contributed by atoms with E-state index in [1.165, 1.54) is 23.4 Å². The SMILES string of the molecule is Cn1c(=O)c2[nH]c(SCCNS(=O)CCN3CCOCC3)nc2n(C)c1=O. The number of thioether (sulfide) groups is 1. The van der Waals surface area contributed by atoms with Crippen LogP contribution in [0, 0.1) is 0 Å². The number of aryl methyl sites for hydroxylation is 1. The zero-order chi connectivity index (χ0) is 19.4. The average molecular weight is 417 g/mol. The number of morpholine rings is 1. The lowest BCUT2D eigenvalue weighted by Gasteiger charge is -2.26. The van der Waals surface area contributed by atoms with Gasteiger partial charge >= 0.3 is 5.69 Å². The first-order valence-corrected chi connectivity index (χ1v) is 11.0. The molecule has 3 heterocycles. The van der Waals surface area contributed by atoms with E-state index in [9.17, 15) is 13.8 Å². The van der Waals surface area contributed by atoms with Crippen LogP contribution in [-0.2, 0) is 29.8 Å². The first kappa shape index (κ1) is 20.3. The topological polar surface area (TPSA) is 114 Å². The Hall–Kier alpha value is -1.47. The molecule has 0 saturated carbocycles. The summed E-state index contributed by atoms with van der Waals surface area (Å²) in [5.74, 6) is 1.21. The smallest absolute Gasteiger partial charge is 0.332 e. The number of hydrogen-bond donors (Lipinski definition) is 2. The quantitative estimate of drug-likeness (QED) is 0.403. The van der Waals surface area contributed by atoms with Crippen LogP contribution in [0.5, 0.6) is 0 Å². The van der Waals surface area contributed by atoms with E-state index >= 15 is 0 Å². The van der Waals surface area contributed by atoms with Gasteiger partial charge in [0.2, 0.25) is 0 Å². The van der Waals surface area contributed by atoms with Gasteiger partial charge in [0.15, 0.2) is 16.3 Å². The number of aromatic amines is 1. The van der Waals surface area contributed by atoms with Crippen LogP contribution in [0.25, 0.3) is 11.2 Å². The van der Waals surface area contributed by atoms with Crippen molar-refractivity contribution in [1.82, 2.24) is 28.7 Å². The summed E-state index contributed by atoms with van der Waals surface area (Å²) in [6.07, 6.45) is 0. The van der Waals surface area contributed by atoms with Crippen molar-refractivity contribution in [3.63, 3.8) is 0 Å². The minimum atomic E-state index is -1.08. The molecule has 2 aromatic heterocycles. The molecule has 1 saturated heterocycles. The predicted molar refractivity (Wildman–Crippen MR) is 106 cm³/mol. The van der Waals surface area contributed by atoms with Gasteiger partial charge in [0, 0.05) is 46.0 Å². The number of aromatic nitrogens is 4. The van der Waals surface area contributed by atoms with Crippen molar-refractivity contribution in [2.75, 3.05) is 50.9 Å². The Labute approximate surface area is 162 Å². The maximum atomic E-state index is 12.1. The molecule has 150 valence electrons. The summed E-state index contributed by atoms with van der Waals surface area (Å²) < 4.78 is 22.7. The van der Waals surface area contributed by atoms with Crippen molar-refractivity contribution in [3.05, 3.63) is 20.8 Å². The Bertz CT molecular complexity index is 931. The summed E-state index contributed by atoms with van der Waals surface area (Å²) in [5, 5.41) is 0.559. The number of fused-ring (bicyclic) bond motifs is 1. The van der Waals surface area contributed by atoms with Crippen LogP contribution < -0.4 is 16.0 Å². The second-order valence-electron chi connectivity index (χ2n) is 6.19. The first-order valence-electron chi connectivity index (χ1n) is 8.68. The van der Waals surface area contributed by atoms with E-state index in [1.807, 2.05) is 0 Å². The van der Waals surface area contributed by atoms with Crippen LogP contribution in [-0.4, -0.2) is 79.1 Å². The summed E-state index contributed by atoms with van der Waals surface area (Å²) in [6, 6.07) is 0. The number of ether oxygens (including phenoxy) is 1. The third kappa shape index (κ3) is 4.88. The third-order valence-electron chi connectivity index (χ3n) is 4.37. The van der Waals surface area contributed by atoms with Crippen LogP contribution in [0.1, 0.15) is 0 Å². The van der Waals surface area contributed by atoms with Crippen LogP contribution in [0.15, 0.2) is 14.7 Å². The summed E-state index contributed by atoms with van der Waals surface area (Å²) in [5.41, 5.74) is -0.153. The molecule has 0 bridgehead atoms. The molecular weight excluding hydrogens is 392 g/mol. The zero-order valence-electron chi connectivity index (χ0n) is 15.4. The van der Waals surface area contributed by atoms with Crippen LogP contribution in [0.2, 0.25) is 0 Å². The standard InChI is InChI=1S/C15H24N6O4S2/c1-19-12-11(13(22)20(2)15(19)23)17-14(18-12)26-9-3-16-27(24)10-6-21-4-7-25-8-5-21/h16H,3-10H2,1-2H3,(H,17,18). The molecule has 10 nitrogen and oxygen atoms in total. The largest absolute Gasteiger partial charge is 0.379 e. The molecule has 1 aliphatic heterocycles. The summed E-state index contributed by atoms with van der Waals surface area (Å²) in [4.78, 5) is 33.6. The van der Waals surface area contributed by atoms with E-state index in [-0.39, 0.29) is 0 Å². The molecule has 0 amide bonds. The van der Waals surface area contributed by atoms with Crippen molar-refractivity contribution in [1.29, 1.82) is 0 Å². The van der Waals surface area contributed by atoms with Gasteiger partial charge in [-0.05, 0) is 0 Å². The van der Waals surface area contributed by atoms with Gasteiger partial charge in [0.1, 0.15) is 0 Å². The molecule has 12 heteroatoms. The number of imidazole rings is 1. The molecule has 1 atom stereocenters. The number of rotatable bonds is 8. The Balaban J connectivity index is 1.47. The van der Waals surface area contributed by atoms with Gasteiger partial charge < -0.3 is 9.72 Å². The van der Waals surface area contributed by atoms with Gasteiger partial charge in [-0.3, -0.25) is 18.8 Å². The van der Waals surface area contributed by atoms with Gasteiger partial charge in [-0.15, -0.1) is 0 Å². The molecule has 1 aliphatic rings. The highest BCUT2D eigenvalue weighted by atomic mass is 32.2. The van der Waals surface area contributed by atoms with E-state index in [4.69, 9.17) is 4.74 Å². The average Bonchev–Trinajstić information content (AvgIpc) is 3.12. The lowest BCUT2D eigenvalue weighted by atomic mass is 10.4. The molecular formula is C15H24N6O4S2. The van der Waals surface area contributed by atoms with Crippen molar-refractivity contribution in [2.24, 2.45) is 14.1 Å². The Kier molecular flexibility index (Phi) is 6.87. The Morgan fingerprint density at radius 1 is 1.26 bits per heavy atom. The van der Waals surface area contributed by atoms with Gasteiger partial charge in [-0.2, -0.15) is 0 Å². The number of nitrogens with one attached hydrogen (secondary N) is 2. The molecule has 3 rings (SSSR count). The maximum absolute atomic E-state index is 12.1. The molecule has 0 aliphatic carbocycles. The number of nitrogens with zero attached hydrogens (tertiary/aromatic N) is 4. The summed E-state index contributed by atoms with van der Waals surface area (Å²) in [7, 11) is 1.94. The molecule has 0 spiro atoms. The van der Waals surface area contributed by atoms with Gasteiger partial charge in [-0.1, -0.05) is 11.8 Å². The normalized spacial score (nSPS) is 16.8. The second kappa shape index (κ2) is 9.15. The molecule has 2 aromatic rings. The van der Waals surface area contributed by atoms with E-state index in [0.29, 0.717) is 34.4 Å². The van der Waals surface area contributed by atoms with Gasteiger partial charge in [0.25, 0.3) is 5.56 Å². The molecule has 0 radical (unpaired) electrons. The van der Waals surface area contributed by atoms with E-state index in [1.54, 1.807) is 7.05 Å². The van der Waals surface area contributed by atoms with Crippen LogP contribution >= 0.6 is 11.8 Å². The van der Waals surface area contributed by atoms with Crippen molar-refractivity contribution in [2.45, 2.75) is 5.16 Å². The summed E-state index contributed by atoms with van der Waals surface area (Å²) >= 11 is 1.41. The monoisotopic (exact) mass is 416 g/mol. The van der Waals surface area contributed by atoms with Crippen LogP contribution in [0.4, 0.5) is 0 Å². The highest BCUT2D eigenvalue weighted by Gasteiger charge is 2.14. The zero-order valence-corrected chi connectivity index (χ0v) is 17.0. The predicted octanol–water partition coefficient (Wildman–Crippen LogP) is -1.36. The minimum absolute atomic E-state index is 0.309. The fourth-order valence-corrected chi connectivity index (χ4v) is 4.54. The van der Waals surface area contributed by atoms with E-state index in [0.717, 1.165) is 37.4 Å². The van der Waals surface area contributed by atoms with Gasteiger partial charge in [0.05, 0.1) is 30.0 Å². The highest BCUT2D eigenvalue weighted by molar-refractivity contribution is 7.99. The molecule has 27 heavy (non-hydrogen) atoms. The molecule has 1 fully saturated rings. The molecule has 2 N–H and O–H groups in total. The Morgan fingerprint density at radius 3 is 2.74 bits per heavy atom. The fraction of sp³-hybridized carbons (Fsp3) is 0.667. The summed E-state index contributed by atoms with van der Waals surface area (Å²) in [6.45, 7) is 4.60. The fourth-order valence-electron chi connectivity index (χ4n) is 2.79. The minimum Gasteiger partial charge on any atom is -0.379 e. The third-order valence-corrected chi connectivity index (χ3v) is 6.33. The second-order valence-corrected chi connectivity index (χ2v) is 8.66. The van der Waals surface area contributed by atoms with Crippen molar-refractivity contribution >= 4 is 33.9 Å². The Morgan fingerprint density at radius 2 is 2.00 bits per heavy atom. The maximum Gasteiger partial charge on any atom is 0.332 e. The van der Waals surface area contributed by atoms with Crippen LogP contribution in [0.3, 0.4) is 0 Å². The van der Waals surface area contributed by atoms with Crippen molar-refractivity contribution < 1.29 is 8.95 Å².